The first-order valence-corrected chi connectivity index (χ1v) is 11.5. The van der Waals surface area contributed by atoms with E-state index < -0.39 is 6.04 Å². The minimum atomic E-state index is -0.612. The third-order valence-electron chi connectivity index (χ3n) is 5.06. The first-order valence-electron chi connectivity index (χ1n) is 10.4. The predicted octanol–water partition coefficient (Wildman–Crippen LogP) is 4.40. The van der Waals surface area contributed by atoms with Gasteiger partial charge in [0.25, 0.3) is 0 Å². The van der Waals surface area contributed by atoms with E-state index in [1.54, 1.807) is 31.1 Å². The minimum Gasteiger partial charge on any atom is -0.497 e. The number of hydrogen-bond donors (Lipinski definition) is 1. The van der Waals surface area contributed by atoms with Crippen LogP contribution in [-0.4, -0.2) is 41.7 Å². The summed E-state index contributed by atoms with van der Waals surface area (Å²) in [5.41, 5.74) is 1.83. The largest absolute Gasteiger partial charge is 0.497 e. The van der Waals surface area contributed by atoms with Gasteiger partial charge < -0.3 is 15.0 Å². The molecule has 0 saturated heterocycles. The van der Waals surface area contributed by atoms with E-state index in [0.29, 0.717) is 18.0 Å². The van der Waals surface area contributed by atoms with Gasteiger partial charge in [-0.2, -0.15) is 0 Å². The number of methoxy groups -OCH3 is 1. The van der Waals surface area contributed by atoms with E-state index in [4.69, 9.17) is 4.74 Å². The van der Waals surface area contributed by atoms with Crippen LogP contribution in [0.15, 0.2) is 48.5 Å². The SMILES string of the molecule is CC[C@H](C)NC(=O)[C@@H](C)N(Cc1cccc(OC)c1)C(=O)CSCc1ccc(F)cc1. The van der Waals surface area contributed by atoms with Gasteiger partial charge >= 0.3 is 0 Å². The Morgan fingerprint density at radius 1 is 1.13 bits per heavy atom. The van der Waals surface area contributed by atoms with Gasteiger partial charge in [-0.15, -0.1) is 11.8 Å². The fraction of sp³-hybridized carbons (Fsp3) is 0.417. The third kappa shape index (κ3) is 7.90. The predicted molar refractivity (Wildman–Crippen MR) is 123 cm³/mol. The molecule has 2 aromatic carbocycles. The number of thioether (sulfide) groups is 1. The molecular formula is C24H31FN2O3S. The summed E-state index contributed by atoms with van der Waals surface area (Å²) in [6, 6.07) is 13.2. The number of nitrogens with one attached hydrogen (secondary N) is 1. The van der Waals surface area contributed by atoms with Crippen LogP contribution in [0.2, 0.25) is 0 Å². The van der Waals surface area contributed by atoms with Crippen molar-refractivity contribution in [2.45, 2.75) is 51.6 Å². The molecule has 2 amide bonds. The Balaban J connectivity index is 2.09. The van der Waals surface area contributed by atoms with E-state index in [-0.39, 0.29) is 29.4 Å². The van der Waals surface area contributed by atoms with E-state index in [1.165, 1.54) is 23.9 Å². The molecule has 5 nitrogen and oxygen atoms in total. The van der Waals surface area contributed by atoms with E-state index in [2.05, 4.69) is 5.32 Å². The highest BCUT2D eigenvalue weighted by Crippen LogP contribution is 2.19. The van der Waals surface area contributed by atoms with Crippen LogP contribution >= 0.6 is 11.8 Å². The van der Waals surface area contributed by atoms with Crippen molar-refractivity contribution in [3.8, 4) is 5.75 Å². The van der Waals surface area contributed by atoms with Crippen molar-refractivity contribution in [3.05, 3.63) is 65.5 Å². The molecule has 0 fully saturated rings. The molecule has 0 aliphatic carbocycles. The molecule has 0 unspecified atom stereocenters. The second-order valence-electron chi connectivity index (χ2n) is 7.49. The van der Waals surface area contributed by atoms with Gasteiger partial charge in [-0.3, -0.25) is 9.59 Å². The topological polar surface area (TPSA) is 58.6 Å². The van der Waals surface area contributed by atoms with Crippen molar-refractivity contribution in [1.82, 2.24) is 10.2 Å². The van der Waals surface area contributed by atoms with Crippen LogP contribution < -0.4 is 10.1 Å². The molecule has 0 heterocycles. The van der Waals surface area contributed by atoms with Crippen LogP contribution in [0.4, 0.5) is 4.39 Å². The van der Waals surface area contributed by atoms with Crippen LogP contribution in [0.25, 0.3) is 0 Å². The fourth-order valence-electron chi connectivity index (χ4n) is 2.94. The summed E-state index contributed by atoms with van der Waals surface area (Å²) < 4.78 is 18.4. The Morgan fingerprint density at radius 2 is 1.84 bits per heavy atom. The van der Waals surface area contributed by atoms with E-state index in [1.807, 2.05) is 38.1 Å². The van der Waals surface area contributed by atoms with Gasteiger partial charge in [-0.25, -0.2) is 4.39 Å². The van der Waals surface area contributed by atoms with Crippen LogP contribution in [0, 0.1) is 5.82 Å². The number of halogens is 1. The smallest absolute Gasteiger partial charge is 0.242 e. The Bertz CT molecular complexity index is 860. The molecule has 0 aromatic heterocycles. The molecule has 0 aliphatic rings. The highest BCUT2D eigenvalue weighted by molar-refractivity contribution is 7.99. The van der Waals surface area contributed by atoms with Crippen molar-refractivity contribution in [2.75, 3.05) is 12.9 Å². The minimum absolute atomic E-state index is 0.0385. The number of rotatable bonds is 11. The highest BCUT2D eigenvalue weighted by Gasteiger charge is 2.26. The molecule has 0 spiro atoms. The number of amides is 2. The van der Waals surface area contributed by atoms with Crippen molar-refractivity contribution < 1.29 is 18.7 Å². The third-order valence-corrected chi connectivity index (χ3v) is 6.05. The molecule has 2 atom stereocenters. The number of hydrogen-bond acceptors (Lipinski definition) is 4. The molecule has 2 rings (SSSR count). The van der Waals surface area contributed by atoms with Gasteiger partial charge in [0.1, 0.15) is 17.6 Å². The maximum absolute atomic E-state index is 13.1. The summed E-state index contributed by atoms with van der Waals surface area (Å²) >= 11 is 1.44. The molecule has 7 heteroatoms. The lowest BCUT2D eigenvalue weighted by Gasteiger charge is -2.29. The second kappa shape index (κ2) is 12.3. The Kier molecular flexibility index (Phi) is 9.85. The standard InChI is InChI=1S/C24H31FN2O3S/c1-5-17(2)26-24(29)18(3)27(14-20-7-6-8-22(13-20)30-4)23(28)16-31-15-19-9-11-21(25)12-10-19/h6-13,17-18H,5,14-16H2,1-4H3,(H,26,29)/t17-,18+/m0/s1. The molecule has 0 saturated carbocycles. The maximum Gasteiger partial charge on any atom is 0.242 e. The van der Waals surface area contributed by atoms with Crippen molar-refractivity contribution in [3.63, 3.8) is 0 Å². The number of benzene rings is 2. The zero-order valence-electron chi connectivity index (χ0n) is 18.6. The van der Waals surface area contributed by atoms with Crippen LogP contribution in [-0.2, 0) is 21.9 Å². The van der Waals surface area contributed by atoms with Gasteiger partial charge in [0.15, 0.2) is 0 Å². The molecule has 0 bridgehead atoms. The summed E-state index contributed by atoms with van der Waals surface area (Å²) in [5, 5.41) is 2.96. The lowest BCUT2D eigenvalue weighted by molar-refractivity contribution is -0.138. The maximum atomic E-state index is 13.1. The highest BCUT2D eigenvalue weighted by atomic mass is 32.2. The zero-order chi connectivity index (χ0) is 22.8. The molecule has 0 radical (unpaired) electrons. The first kappa shape index (κ1) is 24.7. The fourth-order valence-corrected chi connectivity index (χ4v) is 3.81. The molecule has 31 heavy (non-hydrogen) atoms. The monoisotopic (exact) mass is 446 g/mol. The van der Waals surface area contributed by atoms with E-state index in [9.17, 15) is 14.0 Å². The van der Waals surface area contributed by atoms with E-state index >= 15 is 0 Å². The summed E-state index contributed by atoms with van der Waals surface area (Å²) in [6.07, 6.45) is 0.815. The lowest BCUT2D eigenvalue weighted by atomic mass is 10.1. The van der Waals surface area contributed by atoms with Gasteiger partial charge in [-0.1, -0.05) is 31.2 Å². The Morgan fingerprint density at radius 3 is 2.48 bits per heavy atom. The average Bonchev–Trinajstić information content (AvgIpc) is 2.78. The van der Waals surface area contributed by atoms with Crippen LogP contribution in [0.3, 0.4) is 0 Å². The number of ether oxygens (including phenoxy) is 1. The van der Waals surface area contributed by atoms with Crippen molar-refractivity contribution in [1.29, 1.82) is 0 Å². The average molecular weight is 447 g/mol. The summed E-state index contributed by atoms with van der Waals surface area (Å²) in [4.78, 5) is 27.4. The van der Waals surface area contributed by atoms with Gasteiger partial charge in [0, 0.05) is 18.3 Å². The number of nitrogens with zero attached hydrogens (tertiary/aromatic N) is 1. The molecule has 0 aliphatic heterocycles. The van der Waals surface area contributed by atoms with Crippen molar-refractivity contribution in [2.24, 2.45) is 0 Å². The Hall–Kier alpha value is -2.54. The molecular weight excluding hydrogens is 415 g/mol. The van der Waals surface area contributed by atoms with Crippen molar-refractivity contribution >= 4 is 23.6 Å². The summed E-state index contributed by atoms with van der Waals surface area (Å²) in [7, 11) is 1.59. The second-order valence-corrected chi connectivity index (χ2v) is 8.47. The normalized spacial score (nSPS) is 12.7. The summed E-state index contributed by atoms with van der Waals surface area (Å²) in [6.45, 7) is 6.00. The first-order chi connectivity index (χ1) is 14.8. The van der Waals surface area contributed by atoms with Gasteiger partial charge in [0.05, 0.1) is 12.9 Å². The zero-order valence-corrected chi connectivity index (χ0v) is 19.4. The van der Waals surface area contributed by atoms with Crippen LogP contribution in [0.1, 0.15) is 38.3 Å². The molecule has 2 aromatic rings. The van der Waals surface area contributed by atoms with Gasteiger partial charge in [-0.05, 0) is 55.7 Å². The molecule has 1 N–H and O–H groups in total. The van der Waals surface area contributed by atoms with E-state index in [0.717, 1.165) is 17.5 Å². The van der Waals surface area contributed by atoms with Gasteiger partial charge in [0.2, 0.25) is 11.8 Å². The lowest BCUT2D eigenvalue weighted by Crippen LogP contribution is -2.50. The Labute approximate surface area is 188 Å². The summed E-state index contributed by atoms with van der Waals surface area (Å²) in [5.74, 6) is 0.938. The molecule has 168 valence electrons. The van der Waals surface area contributed by atoms with Crippen LogP contribution in [0.5, 0.6) is 5.75 Å². The number of carbonyl (C=O) groups excluding carboxylic acids is 2. The number of carbonyl (C=O) groups is 2. The quantitative estimate of drug-likeness (QED) is 0.556.